The molecule has 1 fully saturated rings. The van der Waals surface area contributed by atoms with E-state index in [9.17, 15) is 13.6 Å². The highest BCUT2D eigenvalue weighted by molar-refractivity contribution is 6.42. The van der Waals surface area contributed by atoms with Crippen molar-refractivity contribution < 1.29 is 18.3 Å². The van der Waals surface area contributed by atoms with Crippen LogP contribution in [0.15, 0.2) is 18.2 Å². The Bertz CT molecular complexity index is 534. The largest absolute Gasteiger partial charge is 0.469 e. The van der Waals surface area contributed by atoms with E-state index >= 15 is 0 Å². The highest BCUT2D eigenvalue weighted by atomic mass is 35.5. The number of carbonyl (C=O) groups excluding carboxylic acids is 1. The summed E-state index contributed by atoms with van der Waals surface area (Å²) in [4.78, 5) is 12.0. The van der Waals surface area contributed by atoms with Crippen molar-refractivity contribution in [3.05, 3.63) is 33.8 Å². The van der Waals surface area contributed by atoms with Gasteiger partial charge in [0.05, 0.1) is 23.1 Å². The molecule has 0 heterocycles. The summed E-state index contributed by atoms with van der Waals surface area (Å²) in [6.45, 7) is 0. The van der Waals surface area contributed by atoms with E-state index in [1.807, 2.05) is 0 Å². The highest BCUT2D eigenvalue weighted by Gasteiger charge is 2.45. The third-order valence-corrected chi connectivity index (χ3v) is 4.75. The fourth-order valence-electron chi connectivity index (χ4n) is 2.81. The molecule has 1 saturated carbocycles. The first-order valence-electron chi connectivity index (χ1n) is 6.75. The van der Waals surface area contributed by atoms with E-state index in [2.05, 4.69) is 0 Å². The predicted octanol–water partition coefficient (Wildman–Crippen LogP) is 5.08. The molecule has 21 heavy (non-hydrogen) atoms. The minimum atomic E-state index is -2.72. The van der Waals surface area contributed by atoms with Gasteiger partial charge in [0.1, 0.15) is 0 Å². The maximum Gasteiger partial charge on any atom is 0.313 e. The van der Waals surface area contributed by atoms with E-state index in [0.29, 0.717) is 28.5 Å². The number of alkyl halides is 2. The fraction of sp³-hybridized carbons (Fsp3) is 0.533. The number of hydrogen-bond acceptors (Lipinski definition) is 2. The minimum Gasteiger partial charge on any atom is -0.469 e. The molecule has 0 N–H and O–H groups in total. The molecule has 0 spiro atoms. The molecule has 116 valence electrons. The first-order valence-corrected chi connectivity index (χ1v) is 7.51. The molecular formula is C15H16Cl2F2O2. The van der Waals surface area contributed by atoms with Gasteiger partial charge in [-0.15, -0.1) is 0 Å². The molecular weight excluding hydrogens is 321 g/mol. The summed E-state index contributed by atoms with van der Waals surface area (Å²) in [5, 5.41) is 0.650. The minimum absolute atomic E-state index is 0.0532. The number of carbonyl (C=O) groups is 1. The molecule has 2 atom stereocenters. The van der Waals surface area contributed by atoms with Gasteiger partial charge in [0.15, 0.2) is 0 Å². The van der Waals surface area contributed by atoms with Crippen LogP contribution in [0.4, 0.5) is 8.78 Å². The molecule has 0 aromatic heterocycles. The van der Waals surface area contributed by atoms with E-state index in [0.717, 1.165) is 0 Å². The lowest BCUT2D eigenvalue weighted by Crippen LogP contribution is -2.26. The van der Waals surface area contributed by atoms with Gasteiger partial charge in [0, 0.05) is 12.3 Å². The lowest BCUT2D eigenvalue weighted by molar-refractivity contribution is -0.143. The summed E-state index contributed by atoms with van der Waals surface area (Å²) in [5.41, 5.74) is 0.555. The van der Waals surface area contributed by atoms with Crippen LogP contribution >= 0.6 is 23.2 Å². The third kappa shape index (κ3) is 3.67. The van der Waals surface area contributed by atoms with Crippen molar-refractivity contribution in [1.29, 1.82) is 0 Å². The number of benzene rings is 1. The Morgan fingerprint density at radius 1 is 1.43 bits per heavy atom. The number of rotatable bonds is 4. The van der Waals surface area contributed by atoms with Crippen LogP contribution in [0, 0.1) is 5.92 Å². The van der Waals surface area contributed by atoms with Crippen molar-refractivity contribution in [2.24, 2.45) is 5.92 Å². The zero-order chi connectivity index (χ0) is 15.6. The van der Waals surface area contributed by atoms with Crippen molar-refractivity contribution in [3.8, 4) is 0 Å². The number of ether oxygens (including phenoxy) is 1. The van der Waals surface area contributed by atoms with Crippen LogP contribution in [-0.4, -0.2) is 19.0 Å². The van der Waals surface area contributed by atoms with Gasteiger partial charge in [-0.3, -0.25) is 4.79 Å². The van der Waals surface area contributed by atoms with Gasteiger partial charge in [-0.2, -0.15) is 0 Å². The molecule has 1 aromatic carbocycles. The van der Waals surface area contributed by atoms with Gasteiger partial charge in [-0.05, 0) is 37.0 Å². The van der Waals surface area contributed by atoms with Crippen molar-refractivity contribution in [2.75, 3.05) is 7.11 Å². The maximum atomic E-state index is 13.8. The molecule has 1 aliphatic carbocycles. The summed E-state index contributed by atoms with van der Waals surface area (Å²) in [7, 11) is 1.25. The van der Waals surface area contributed by atoms with Crippen molar-refractivity contribution in [3.63, 3.8) is 0 Å². The summed E-state index contributed by atoms with van der Waals surface area (Å²) in [6.07, 6.45) is 0.833. The fourth-order valence-corrected chi connectivity index (χ4v) is 3.12. The molecule has 2 unspecified atom stereocenters. The molecule has 1 aliphatic rings. The van der Waals surface area contributed by atoms with Gasteiger partial charge in [0.25, 0.3) is 5.92 Å². The van der Waals surface area contributed by atoms with Crippen molar-refractivity contribution in [1.82, 2.24) is 0 Å². The monoisotopic (exact) mass is 336 g/mol. The first-order chi connectivity index (χ1) is 9.85. The molecule has 1 aromatic rings. The van der Waals surface area contributed by atoms with Crippen LogP contribution in [0.1, 0.15) is 37.2 Å². The molecule has 0 saturated heterocycles. The SMILES string of the molecule is COC(=O)C(CC1CCCC1(F)F)c1ccc(Cl)c(Cl)c1. The lowest BCUT2D eigenvalue weighted by atomic mass is 9.86. The lowest BCUT2D eigenvalue weighted by Gasteiger charge is -2.23. The Morgan fingerprint density at radius 3 is 2.67 bits per heavy atom. The first kappa shape index (κ1) is 16.5. The zero-order valence-electron chi connectivity index (χ0n) is 11.5. The quantitative estimate of drug-likeness (QED) is 0.717. The number of esters is 1. The second-order valence-electron chi connectivity index (χ2n) is 5.34. The summed E-state index contributed by atoms with van der Waals surface area (Å²) < 4.78 is 32.3. The normalized spacial score (nSPS) is 22.0. The average Bonchev–Trinajstić information content (AvgIpc) is 2.77. The Hall–Kier alpha value is -0.870. The standard InChI is InChI=1S/C15H16Cl2F2O2/c1-21-14(20)11(8-10-3-2-6-15(10,18)19)9-4-5-12(16)13(17)7-9/h4-5,7,10-11H,2-3,6,8H2,1H3. The Kier molecular flexibility index (Phi) is 5.10. The molecule has 0 radical (unpaired) electrons. The van der Waals surface area contributed by atoms with Crippen LogP contribution in [0.5, 0.6) is 0 Å². The molecule has 0 aliphatic heterocycles. The molecule has 0 amide bonds. The van der Waals surface area contributed by atoms with Gasteiger partial charge in [-0.1, -0.05) is 29.3 Å². The number of halogens is 4. The van der Waals surface area contributed by atoms with Gasteiger partial charge >= 0.3 is 5.97 Å². The second-order valence-corrected chi connectivity index (χ2v) is 6.15. The molecule has 0 bridgehead atoms. The maximum absolute atomic E-state index is 13.8. The van der Waals surface area contributed by atoms with Crippen LogP contribution in [0.3, 0.4) is 0 Å². The zero-order valence-corrected chi connectivity index (χ0v) is 13.1. The Morgan fingerprint density at radius 2 is 2.14 bits per heavy atom. The highest BCUT2D eigenvalue weighted by Crippen LogP contribution is 2.45. The second kappa shape index (κ2) is 6.49. The van der Waals surface area contributed by atoms with Crippen LogP contribution in [0.25, 0.3) is 0 Å². The third-order valence-electron chi connectivity index (χ3n) is 4.01. The van der Waals surface area contributed by atoms with Crippen LogP contribution in [-0.2, 0) is 9.53 Å². The average molecular weight is 337 g/mol. The summed E-state index contributed by atoms with van der Waals surface area (Å²) in [6, 6.07) is 4.73. The van der Waals surface area contributed by atoms with Crippen molar-refractivity contribution in [2.45, 2.75) is 37.5 Å². The van der Waals surface area contributed by atoms with Gasteiger partial charge in [0.2, 0.25) is 0 Å². The van der Waals surface area contributed by atoms with E-state index in [1.54, 1.807) is 18.2 Å². The molecule has 2 nitrogen and oxygen atoms in total. The van der Waals surface area contributed by atoms with E-state index in [4.69, 9.17) is 27.9 Å². The Balaban J connectivity index is 2.26. The van der Waals surface area contributed by atoms with Crippen LogP contribution < -0.4 is 0 Å². The van der Waals surface area contributed by atoms with Crippen LogP contribution in [0.2, 0.25) is 10.0 Å². The number of methoxy groups -OCH3 is 1. The van der Waals surface area contributed by atoms with Gasteiger partial charge in [-0.25, -0.2) is 8.78 Å². The van der Waals surface area contributed by atoms with E-state index in [-0.39, 0.29) is 12.8 Å². The van der Waals surface area contributed by atoms with Crippen molar-refractivity contribution >= 4 is 29.2 Å². The smallest absolute Gasteiger partial charge is 0.313 e. The number of hydrogen-bond donors (Lipinski definition) is 0. The Labute approximate surface area is 132 Å². The predicted molar refractivity (Wildman–Crippen MR) is 78.1 cm³/mol. The summed E-state index contributed by atoms with van der Waals surface area (Å²) in [5.74, 6) is -4.81. The van der Waals surface area contributed by atoms with E-state index < -0.39 is 23.7 Å². The molecule has 2 rings (SSSR count). The molecule has 6 heteroatoms. The topological polar surface area (TPSA) is 26.3 Å². The van der Waals surface area contributed by atoms with Gasteiger partial charge < -0.3 is 4.74 Å². The van der Waals surface area contributed by atoms with E-state index in [1.165, 1.54) is 7.11 Å². The summed E-state index contributed by atoms with van der Waals surface area (Å²) >= 11 is 11.8.